The van der Waals surface area contributed by atoms with Crippen molar-refractivity contribution < 1.29 is 17.9 Å². The summed E-state index contributed by atoms with van der Waals surface area (Å²) < 4.78 is 1.54. The summed E-state index contributed by atoms with van der Waals surface area (Å²) in [6, 6.07) is 6.96. The van der Waals surface area contributed by atoms with E-state index < -0.39 is 0 Å². The van der Waals surface area contributed by atoms with Crippen LogP contribution < -0.4 is 4.90 Å². The van der Waals surface area contributed by atoms with E-state index in [1.807, 2.05) is 6.08 Å². The molecule has 0 N–H and O–H groups in total. The third kappa shape index (κ3) is 6.17. The zero-order valence-corrected chi connectivity index (χ0v) is 23.6. The van der Waals surface area contributed by atoms with Crippen LogP contribution in [0.25, 0.3) is 0 Å². The standard InChI is InChI=1S/C23H35N.C8H11.Rh/c1-17(2)19-11-10-12-20(18(3)4)21(19)24-16-23(15-22(24,5)6)13-8-7-9-14-23;1-2-4-6-8-7-5-3-1;/h10-12,17-18H,7-9,13-15H2,1-6H3;1-3H,4,6-8H2;/q;-1;/b;2-1-;. The maximum atomic E-state index is 3.44. The minimum atomic E-state index is 0.177. The molecule has 1 aliphatic heterocycles. The van der Waals surface area contributed by atoms with Crippen LogP contribution in [0.2, 0.25) is 0 Å². The molecule has 0 unspecified atom stereocenters. The Morgan fingerprint density at radius 3 is 2.15 bits per heavy atom. The molecule has 1 spiro atoms. The molecule has 2 heteroatoms. The fourth-order valence-corrected chi connectivity index (χ4v) is 7.27. The van der Waals surface area contributed by atoms with E-state index in [2.05, 4.69) is 101 Å². The fraction of sp³-hybridized carbons (Fsp3) is 0.645. The molecule has 1 nitrogen and oxygen atoms in total. The molecule has 1 saturated heterocycles. The number of allylic oxidation sites excluding steroid dienone is 4. The largest absolute Gasteiger partial charge is 0.275 e. The number of para-hydroxylation sites is 1. The van der Waals surface area contributed by atoms with Crippen molar-refractivity contribution >= 4 is 9.92 Å². The van der Waals surface area contributed by atoms with Crippen LogP contribution in [0.3, 0.4) is 0 Å². The van der Waals surface area contributed by atoms with Gasteiger partial charge in [0.25, 0.3) is 0 Å². The smallest absolute Gasteiger partial charge is 0.0513 e. The molecule has 0 bridgehead atoms. The van der Waals surface area contributed by atoms with E-state index in [4.69, 9.17) is 0 Å². The Balaban J connectivity index is 0.000000323. The molecule has 2 fully saturated rings. The molecule has 1 heterocycles. The second kappa shape index (κ2) is 11.6. The minimum absolute atomic E-state index is 0.177. The topological polar surface area (TPSA) is 3.24 Å². The van der Waals surface area contributed by atoms with Crippen LogP contribution in [0.1, 0.15) is 129 Å². The summed E-state index contributed by atoms with van der Waals surface area (Å²) in [4.78, 5) is 2.72. The summed E-state index contributed by atoms with van der Waals surface area (Å²) in [6.07, 6.45) is 22.7. The van der Waals surface area contributed by atoms with E-state index in [0.29, 0.717) is 17.3 Å². The third-order valence-electron chi connectivity index (χ3n) is 7.65. The molecule has 1 aromatic rings. The van der Waals surface area contributed by atoms with Crippen LogP contribution in [0, 0.1) is 11.5 Å². The molecular weight excluding hydrogens is 489 g/mol. The normalized spacial score (nSPS) is 22.8. The monoisotopic (exact) mass is 535 g/mol. The maximum absolute atomic E-state index is 3.44. The Kier molecular flexibility index (Phi) is 9.36. The summed E-state index contributed by atoms with van der Waals surface area (Å²) in [5.41, 5.74) is 5.08. The number of anilines is 1. The van der Waals surface area contributed by atoms with Gasteiger partial charge in [-0.2, -0.15) is 6.08 Å². The van der Waals surface area contributed by atoms with Gasteiger partial charge in [0, 0.05) is 0 Å². The zero-order chi connectivity index (χ0) is 24.1. The van der Waals surface area contributed by atoms with Gasteiger partial charge in [0.1, 0.15) is 0 Å². The van der Waals surface area contributed by atoms with Gasteiger partial charge in [-0.3, -0.25) is 6.08 Å². The van der Waals surface area contributed by atoms with Crippen LogP contribution in [0.15, 0.2) is 36.4 Å². The van der Waals surface area contributed by atoms with Gasteiger partial charge in [-0.25, -0.2) is 12.2 Å². The van der Waals surface area contributed by atoms with Crippen molar-refractivity contribution in [3.8, 4) is 0 Å². The maximum Gasteiger partial charge on any atom is -0.0513 e. The van der Waals surface area contributed by atoms with Crippen LogP contribution in [0.4, 0.5) is 5.69 Å². The Labute approximate surface area is 214 Å². The summed E-state index contributed by atoms with van der Waals surface area (Å²) >= 11 is 3.44. The Bertz CT molecular complexity index is 811. The van der Waals surface area contributed by atoms with Crippen LogP contribution in [-0.4, -0.2) is 9.77 Å². The fourth-order valence-electron chi connectivity index (χ4n) is 6.04. The third-order valence-corrected chi connectivity index (χ3v) is 8.88. The summed E-state index contributed by atoms with van der Waals surface area (Å²) in [5, 5.41) is 0. The van der Waals surface area contributed by atoms with Crippen LogP contribution in [0.5, 0.6) is 0 Å². The predicted octanol–water partition coefficient (Wildman–Crippen LogP) is 9.03. The predicted molar refractivity (Wildman–Crippen MR) is 142 cm³/mol. The zero-order valence-electron chi connectivity index (χ0n) is 22.0. The van der Waals surface area contributed by atoms with Gasteiger partial charge >= 0.3 is 165 Å². The Morgan fingerprint density at radius 1 is 0.909 bits per heavy atom. The van der Waals surface area contributed by atoms with Crippen molar-refractivity contribution in [2.24, 2.45) is 5.41 Å². The average Bonchev–Trinajstić information content (AvgIpc) is 2.92. The first-order chi connectivity index (χ1) is 15.7. The second-order valence-electron chi connectivity index (χ2n) is 11.6. The van der Waals surface area contributed by atoms with Crippen molar-refractivity contribution in [3.05, 3.63) is 53.6 Å². The summed E-state index contributed by atoms with van der Waals surface area (Å²) in [6.45, 7) is 14.3. The van der Waals surface area contributed by atoms with Gasteiger partial charge in [0.15, 0.2) is 0 Å². The molecule has 1 saturated carbocycles. The van der Waals surface area contributed by atoms with Gasteiger partial charge in [-0.05, 0) is 0 Å². The number of rotatable bonds is 3. The van der Waals surface area contributed by atoms with E-state index in [1.165, 1.54) is 78.8 Å². The Morgan fingerprint density at radius 2 is 1.55 bits per heavy atom. The van der Waals surface area contributed by atoms with Crippen LogP contribution in [-0.2, 0) is 17.9 Å². The van der Waals surface area contributed by atoms with E-state index in [0.717, 1.165) is 6.42 Å². The first-order valence-corrected chi connectivity index (χ1v) is 14.2. The molecule has 0 radical (unpaired) electrons. The number of hydrogen-bond acceptors (Lipinski definition) is 1. The van der Waals surface area contributed by atoms with Crippen molar-refractivity contribution in [3.63, 3.8) is 0 Å². The first-order valence-electron chi connectivity index (χ1n) is 13.3. The molecular formula is C31H46NRh-. The van der Waals surface area contributed by atoms with Gasteiger partial charge < -0.3 is 0 Å². The average molecular weight is 536 g/mol. The number of benzene rings is 1. The molecule has 3 aliphatic rings. The Hall–Kier alpha value is -1.01. The van der Waals surface area contributed by atoms with Crippen molar-refractivity contribution in [1.29, 1.82) is 0 Å². The van der Waals surface area contributed by atoms with E-state index in [9.17, 15) is 0 Å². The van der Waals surface area contributed by atoms with Crippen molar-refractivity contribution in [2.45, 2.75) is 123 Å². The van der Waals surface area contributed by atoms with Gasteiger partial charge in [0.05, 0.1) is 0 Å². The van der Waals surface area contributed by atoms with E-state index in [-0.39, 0.29) is 5.54 Å². The van der Waals surface area contributed by atoms with Gasteiger partial charge in [-0.15, -0.1) is 6.42 Å². The minimum Gasteiger partial charge on any atom is -0.275 e. The number of hydrogen-bond donors (Lipinski definition) is 0. The van der Waals surface area contributed by atoms with Gasteiger partial charge in [-0.1, -0.05) is 19.3 Å². The van der Waals surface area contributed by atoms with Gasteiger partial charge in [0.2, 0.25) is 0 Å². The van der Waals surface area contributed by atoms with Crippen molar-refractivity contribution in [1.82, 2.24) is 0 Å². The molecule has 33 heavy (non-hydrogen) atoms. The quantitative estimate of drug-likeness (QED) is 0.276. The number of nitrogens with zero attached hydrogens (tertiary/aromatic N) is 1. The van der Waals surface area contributed by atoms with E-state index in [1.54, 1.807) is 0 Å². The molecule has 0 amide bonds. The molecule has 1 aromatic carbocycles. The van der Waals surface area contributed by atoms with Crippen molar-refractivity contribution in [2.75, 3.05) is 4.90 Å². The molecule has 185 valence electrons. The van der Waals surface area contributed by atoms with E-state index >= 15 is 0 Å². The second-order valence-corrected chi connectivity index (χ2v) is 12.4. The summed E-state index contributed by atoms with van der Waals surface area (Å²) in [5.74, 6) is 1.09. The molecule has 0 atom stereocenters. The molecule has 4 rings (SSSR count). The van der Waals surface area contributed by atoms with Crippen LogP contribution >= 0.6 is 0 Å². The SMILES string of the molecule is CC(C)c1cccc(C(C)C)c1N1[C](=[Rh])C2(CCCCC2)CC1(C)C.[C-]1=C/C=C\CCCC1. The molecule has 0 aromatic heterocycles. The summed E-state index contributed by atoms with van der Waals surface area (Å²) in [7, 11) is 0. The first kappa shape index (κ1) is 26.6. The molecule has 2 aliphatic carbocycles.